The Hall–Kier alpha value is 0.553. The van der Waals surface area contributed by atoms with Gasteiger partial charge in [0.25, 0.3) is 0 Å². The van der Waals surface area contributed by atoms with Crippen LogP contribution in [0, 0.1) is 0 Å². The summed E-state index contributed by atoms with van der Waals surface area (Å²) in [6.07, 6.45) is 0. The predicted molar refractivity (Wildman–Crippen MR) is 20.4 cm³/mol. The van der Waals surface area contributed by atoms with Crippen molar-refractivity contribution in [2.45, 2.75) is 5.76 Å². The van der Waals surface area contributed by atoms with Gasteiger partial charge in [0, 0.05) is 19.5 Å². The van der Waals surface area contributed by atoms with Crippen LogP contribution < -0.4 is 0 Å². The average Bonchev–Trinajstić information content (AvgIpc) is 1.36. The van der Waals surface area contributed by atoms with Gasteiger partial charge < -0.3 is 10.0 Å². The summed E-state index contributed by atoms with van der Waals surface area (Å²) in [5.41, 5.74) is 0. The minimum absolute atomic E-state index is 0. The van der Waals surface area contributed by atoms with Crippen LogP contribution in [0.25, 0.3) is 0 Å². The summed E-state index contributed by atoms with van der Waals surface area (Å²) in [4.78, 5) is 0. The molecule has 0 aromatic heterocycles. The van der Waals surface area contributed by atoms with Gasteiger partial charge in [-0.3, -0.25) is 0 Å². The van der Waals surface area contributed by atoms with Crippen LogP contribution in [0.15, 0.2) is 0 Å². The van der Waals surface area contributed by atoms with Crippen LogP contribution in [-0.2, 0) is 30.6 Å². The maximum atomic E-state index is 10.6. The summed E-state index contributed by atoms with van der Waals surface area (Å²) >= 11 is -2.95. The van der Waals surface area contributed by atoms with E-state index in [-0.39, 0.29) is 25.0 Å². The van der Waals surface area contributed by atoms with Crippen LogP contribution in [0.4, 0.5) is 8.78 Å². The number of alkyl halides is 2. The van der Waals surface area contributed by atoms with Gasteiger partial charge in [0.1, 0.15) is 0 Å². The standard InChI is InChI=1S/CH2F2O2S.H2O.Zn/c2-1(3)6(4)5;;/h1H,(H,4,5);1H2;. The molecule has 0 aliphatic carbocycles. The van der Waals surface area contributed by atoms with Crippen molar-refractivity contribution in [3.63, 3.8) is 0 Å². The second-order valence-corrected chi connectivity index (χ2v) is 1.45. The van der Waals surface area contributed by atoms with Crippen molar-refractivity contribution in [3.05, 3.63) is 0 Å². The third-order valence-corrected chi connectivity index (χ3v) is 0.457. The van der Waals surface area contributed by atoms with Gasteiger partial charge in [0.2, 0.25) is 11.1 Å². The average molecular weight is 199 g/mol. The van der Waals surface area contributed by atoms with Gasteiger partial charge in [0.15, 0.2) is 0 Å². The fourth-order valence-corrected chi connectivity index (χ4v) is 0. The molecule has 3 nitrogen and oxygen atoms in total. The number of hydrogen-bond donors (Lipinski definition) is 1. The van der Waals surface area contributed by atoms with Crippen LogP contribution >= 0.6 is 0 Å². The van der Waals surface area contributed by atoms with Crippen molar-refractivity contribution in [1.29, 1.82) is 0 Å². The molecular formula is CH4F2O3SZn. The van der Waals surface area contributed by atoms with E-state index in [9.17, 15) is 8.78 Å². The number of halogens is 2. The van der Waals surface area contributed by atoms with Crippen molar-refractivity contribution in [2.75, 3.05) is 0 Å². The van der Waals surface area contributed by atoms with Crippen LogP contribution in [0.1, 0.15) is 0 Å². The molecule has 0 bridgehead atoms. The fraction of sp³-hybridized carbons (Fsp3) is 1.00. The molecule has 0 aromatic rings. The monoisotopic (exact) mass is 198 g/mol. The Balaban J connectivity index is -0.000000125. The van der Waals surface area contributed by atoms with Gasteiger partial charge >= 0.3 is 5.76 Å². The summed E-state index contributed by atoms with van der Waals surface area (Å²) in [6.45, 7) is 0. The second-order valence-electron chi connectivity index (χ2n) is 0.537. The van der Waals surface area contributed by atoms with Gasteiger partial charge in [-0.2, -0.15) is 8.78 Å². The zero-order chi connectivity index (χ0) is 5.15. The van der Waals surface area contributed by atoms with Gasteiger partial charge in [-0.25, -0.2) is 4.21 Å². The molecular weight excluding hydrogens is 195 g/mol. The Labute approximate surface area is 59.8 Å². The maximum Gasteiger partial charge on any atom is 0.336 e. The summed E-state index contributed by atoms with van der Waals surface area (Å²) in [5.74, 6) is -3.12. The first-order chi connectivity index (χ1) is 2.64. The first kappa shape index (κ1) is 15.8. The van der Waals surface area contributed by atoms with E-state index in [2.05, 4.69) is 0 Å². The Morgan fingerprint density at radius 1 is 1.50 bits per heavy atom. The molecule has 7 heteroatoms. The molecule has 0 amide bonds. The maximum absolute atomic E-state index is 10.6. The second kappa shape index (κ2) is 7.55. The summed E-state index contributed by atoms with van der Waals surface area (Å²) in [7, 11) is 0. The third kappa shape index (κ3) is 9.75. The largest absolute Gasteiger partial charge is 0.412 e. The zero-order valence-corrected chi connectivity index (χ0v) is 7.59. The van der Waals surface area contributed by atoms with E-state index in [0.29, 0.717) is 0 Å². The molecule has 0 heterocycles. The minimum Gasteiger partial charge on any atom is -0.412 e. The molecule has 3 N–H and O–H groups in total. The Bertz CT molecular complexity index is 68.3. The molecule has 0 spiro atoms. The Morgan fingerprint density at radius 2 is 1.62 bits per heavy atom. The van der Waals surface area contributed by atoms with E-state index in [1.165, 1.54) is 0 Å². The molecule has 0 aromatic carbocycles. The molecule has 1 unspecified atom stereocenters. The minimum atomic E-state index is -3.12. The molecule has 1 atom stereocenters. The van der Waals surface area contributed by atoms with Crippen molar-refractivity contribution in [1.82, 2.24) is 0 Å². The molecule has 0 aliphatic rings. The van der Waals surface area contributed by atoms with Crippen LogP contribution in [-0.4, -0.2) is 20.0 Å². The molecule has 0 fully saturated rings. The molecule has 0 rings (SSSR count). The van der Waals surface area contributed by atoms with Crippen LogP contribution in [0.2, 0.25) is 0 Å². The summed E-state index contributed by atoms with van der Waals surface area (Å²) in [6, 6.07) is 0. The normalized spacial score (nSPS) is 11.5. The van der Waals surface area contributed by atoms with Crippen molar-refractivity contribution >= 4 is 11.1 Å². The van der Waals surface area contributed by atoms with Gasteiger partial charge in [-0.1, -0.05) is 0 Å². The van der Waals surface area contributed by atoms with Gasteiger partial charge in [-0.05, 0) is 0 Å². The van der Waals surface area contributed by atoms with Crippen molar-refractivity contribution < 1.29 is 42.5 Å². The molecule has 0 saturated heterocycles. The van der Waals surface area contributed by atoms with E-state index in [0.717, 1.165) is 0 Å². The SMILES string of the molecule is O.O=S(O)C(F)F.[Zn]. The molecule has 0 aliphatic heterocycles. The predicted octanol–water partition coefficient (Wildman–Crippen LogP) is -0.396. The number of hydrogen-bond acceptors (Lipinski definition) is 1. The third-order valence-electron chi connectivity index (χ3n) is 0.152. The quantitative estimate of drug-likeness (QED) is 0.461. The van der Waals surface area contributed by atoms with Crippen LogP contribution in [0.5, 0.6) is 0 Å². The van der Waals surface area contributed by atoms with Crippen molar-refractivity contribution in [3.8, 4) is 0 Å². The fourth-order valence-electron chi connectivity index (χ4n) is 0. The Morgan fingerprint density at radius 3 is 1.62 bits per heavy atom. The van der Waals surface area contributed by atoms with E-state index < -0.39 is 16.8 Å². The van der Waals surface area contributed by atoms with E-state index in [1.807, 2.05) is 0 Å². The molecule has 48 valence electrons. The van der Waals surface area contributed by atoms with Crippen LogP contribution in [0.3, 0.4) is 0 Å². The number of rotatable bonds is 1. The smallest absolute Gasteiger partial charge is 0.336 e. The van der Waals surface area contributed by atoms with E-state index in [1.54, 1.807) is 0 Å². The molecule has 0 radical (unpaired) electrons. The molecule has 0 saturated carbocycles. The first-order valence-corrected chi connectivity index (χ1v) is 2.19. The van der Waals surface area contributed by atoms with Gasteiger partial charge in [0.05, 0.1) is 0 Å². The Kier molecular flexibility index (Phi) is 14.9. The van der Waals surface area contributed by atoms with Crippen molar-refractivity contribution in [2.24, 2.45) is 0 Å². The zero-order valence-electron chi connectivity index (χ0n) is 3.80. The van der Waals surface area contributed by atoms with E-state index in [4.69, 9.17) is 8.76 Å². The summed E-state index contributed by atoms with van der Waals surface area (Å²) in [5, 5.41) is 0. The van der Waals surface area contributed by atoms with Gasteiger partial charge in [-0.15, -0.1) is 0 Å². The van der Waals surface area contributed by atoms with E-state index >= 15 is 0 Å². The molecule has 8 heavy (non-hydrogen) atoms. The first-order valence-electron chi connectivity index (χ1n) is 1.02. The summed E-state index contributed by atoms with van der Waals surface area (Å²) < 4.78 is 37.6. The topological polar surface area (TPSA) is 68.8 Å².